The minimum atomic E-state index is -4.34. The molecule has 118 valence electrons. The van der Waals surface area contributed by atoms with Gasteiger partial charge in [0.05, 0.1) is 25.7 Å². The molecule has 0 aromatic heterocycles. The number of ether oxygens (including phenoxy) is 2. The van der Waals surface area contributed by atoms with E-state index < -0.39 is 12.8 Å². The van der Waals surface area contributed by atoms with E-state index in [-0.39, 0.29) is 25.0 Å². The van der Waals surface area contributed by atoms with Gasteiger partial charge in [0, 0.05) is 18.4 Å². The van der Waals surface area contributed by atoms with Crippen molar-refractivity contribution >= 4 is 21.8 Å². The van der Waals surface area contributed by atoms with Crippen LogP contribution < -0.4 is 0 Å². The summed E-state index contributed by atoms with van der Waals surface area (Å²) >= 11 is 3.28. The Kier molecular flexibility index (Phi) is 7.83. The summed E-state index contributed by atoms with van der Waals surface area (Å²) in [5, 5.41) is 0.780. The number of rotatable bonds is 7. The van der Waals surface area contributed by atoms with Crippen LogP contribution in [0, 0.1) is 0 Å². The maximum atomic E-state index is 11.8. The highest BCUT2D eigenvalue weighted by atomic mass is 79.9. The highest BCUT2D eigenvalue weighted by Crippen LogP contribution is 2.16. The second-order valence-corrected chi connectivity index (χ2v) is 5.35. The second kappa shape index (κ2) is 8.84. The Bertz CT molecular complexity index is 294. The minimum Gasteiger partial charge on any atom is -0.377 e. The normalized spacial score (nSPS) is 17.5. The number of nitrogens with zero attached hydrogens (tertiary/aromatic N) is 1. The molecule has 0 radical (unpaired) electrons. The van der Waals surface area contributed by atoms with Crippen LogP contribution in [0.5, 0.6) is 0 Å². The minimum absolute atomic E-state index is 0.0109. The molecular formula is C12H19BrF3NO3. The lowest BCUT2D eigenvalue weighted by Crippen LogP contribution is -2.41. The molecule has 0 unspecified atom stereocenters. The van der Waals surface area contributed by atoms with Crippen molar-refractivity contribution in [2.24, 2.45) is 0 Å². The predicted octanol–water partition coefficient (Wildman–Crippen LogP) is 2.36. The third-order valence-electron chi connectivity index (χ3n) is 2.95. The van der Waals surface area contributed by atoms with Crippen LogP contribution in [0.3, 0.4) is 0 Å². The monoisotopic (exact) mass is 361 g/mol. The lowest BCUT2D eigenvalue weighted by atomic mass is 10.1. The number of alkyl halides is 4. The maximum absolute atomic E-state index is 11.8. The number of carbonyl (C=O) groups is 1. The Hall–Kier alpha value is -0.340. The standard InChI is InChI=1S/C12H19BrF3NO3/c13-4-8-20-10-1-5-17(6-2-10)11(18)3-7-19-9-12(14,15)16/h10H,1-9H2. The molecule has 1 amide bonds. The summed E-state index contributed by atoms with van der Waals surface area (Å²) in [6.07, 6.45) is -2.65. The van der Waals surface area contributed by atoms with Gasteiger partial charge in [-0.25, -0.2) is 0 Å². The topological polar surface area (TPSA) is 38.8 Å². The molecule has 1 aliphatic rings. The third-order valence-corrected chi connectivity index (χ3v) is 3.28. The smallest absolute Gasteiger partial charge is 0.377 e. The Morgan fingerprint density at radius 2 is 1.90 bits per heavy atom. The zero-order chi connectivity index (χ0) is 15.0. The molecule has 8 heteroatoms. The summed E-state index contributed by atoms with van der Waals surface area (Å²) in [6, 6.07) is 0. The molecule has 0 saturated carbocycles. The molecule has 0 aromatic carbocycles. The number of likely N-dealkylation sites (tertiary alicyclic amines) is 1. The van der Waals surface area contributed by atoms with Gasteiger partial charge in [0.1, 0.15) is 6.61 Å². The molecule has 0 aliphatic carbocycles. The molecule has 0 bridgehead atoms. The number of piperidine rings is 1. The molecule has 1 saturated heterocycles. The molecule has 1 aliphatic heterocycles. The van der Waals surface area contributed by atoms with Crippen LogP contribution in [0.15, 0.2) is 0 Å². The van der Waals surface area contributed by atoms with E-state index in [2.05, 4.69) is 20.7 Å². The van der Waals surface area contributed by atoms with Gasteiger partial charge in [-0.3, -0.25) is 4.79 Å². The van der Waals surface area contributed by atoms with Crippen molar-refractivity contribution < 1.29 is 27.4 Å². The van der Waals surface area contributed by atoms with Gasteiger partial charge in [-0.05, 0) is 12.8 Å². The van der Waals surface area contributed by atoms with Gasteiger partial charge in [0.15, 0.2) is 0 Å². The van der Waals surface area contributed by atoms with Crippen molar-refractivity contribution in [2.45, 2.75) is 31.5 Å². The van der Waals surface area contributed by atoms with E-state index in [0.29, 0.717) is 19.7 Å². The van der Waals surface area contributed by atoms with E-state index in [1.165, 1.54) is 0 Å². The zero-order valence-corrected chi connectivity index (χ0v) is 12.7. The number of halogens is 4. The fraction of sp³-hybridized carbons (Fsp3) is 0.917. The lowest BCUT2D eigenvalue weighted by molar-refractivity contribution is -0.175. The van der Waals surface area contributed by atoms with Gasteiger partial charge in [-0.2, -0.15) is 13.2 Å². The van der Waals surface area contributed by atoms with Crippen molar-refractivity contribution in [3.8, 4) is 0 Å². The summed E-state index contributed by atoms with van der Waals surface area (Å²) in [7, 11) is 0. The van der Waals surface area contributed by atoms with Crippen molar-refractivity contribution in [1.82, 2.24) is 4.90 Å². The van der Waals surface area contributed by atoms with Crippen LogP contribution in [0.2, 0.25) is 0 Å². The van der Waals surface area contributed by atoms with Crippen molar-refractivity contribution in [1.29, 1.82) is 0 Å². The molecule has 0 aromatic rings. The lowest BCUT2D eigenvalue weighted by Gasteiger charge is -2.32. The summed E-state index contributed by atoms with van der Waals surface area (Å²) in [6.45, 7) is 0.321. The first-order chi connectivity index (χ1) is 9.42. The van der Waals surface area contributed by atoms with E-state index in [1.54, 1.807) is 4.90 Å². The highest BCUT2D eigenvalue weighted by Gasteiger charge is 2.28. The predicted molar refractivity (Wildman–Crippen MR) is 70.8 cm³/mol. The number of carbonyl (C=O) groups excluding carboxylic acids is 1. The van der Waals surface area contributed by atoms with Crippen LogP contribution >= 0.6 is 15.9 Å². The molecule has 1 rings (SSSR count). The highest BCUT2D eigenvalue weighted by molar-refractivity contribution is 9.09. The van der Waals surface area contributed by atoms with Crippen LogP contribution in [0.4, 0.5) is 13.2 Å². The van der Waals surface area contributed by atoms with Crippen molar-refractivity contribution in [3.63, 3.8) is 0 Å². The molecule has 0 spiro atoms. The van der Waals surface area contributed by atoms with Crippen LogP contribution in [-0.4, -0.2) is 61.3 Å². The quantitative estimate of drug-likeness (QED) is 0.516. The summed E-state index contributed by atoms with van der Waals surface area (Å²) in [5.41, 5.74) is 0. The Morgan fingerprint density at radius 3 is 2.45 bits per heavy atom. The Balaban J connectivity index is 2.13. The summed E-state index contributed by atoms with van der Waals surface area (Å²) in [4.78, 5) is 13.4. The third kappa shape index (κ3) is 7.44. The van der Waals surface area contributed by atoms with Crippen LogP contribution in [-0.2, 0) is 14.3 Å². The fourth-order valence-corrected chi connectivity index (χ4v) is 2.18. The molecule has 1 heterocycles. The number of hydrogen-bond donors (Lipinski definition) is 0. The average molecular weight is 362 g/mol. The number of hydrogen-bond acceptors (Lipinski definition) is 3. The molecule has 0 atom stereocenters. The Morgan fingerprint density at radius 1 is 1.25 bits per heavy atom. The second-order valence-electron chi connectivity index (χ2n) is 4.56. The van der Waals surface area contributed by atoms with Gasteiger partial charge in [0.2, 0.25) is 5.91 Å². The van der Waals surface area contributed by atoms with Crippen molar-refractivity contribution in [3.05, 3.63) is 0 Å². The van der Waals surface area contributed by atoms with Gasteiger partial charge < -0.3 is 14.4 Å². The first-order valence-electron chi connectivity index (χ1n) is 6.52. The van der Waals surface area contributed by atoms with Gasteiger partial charge in [0.25, 0.3) is 0 Å². The van der Waals surface area contributed by atoms with E-state index >= 15 is 0 Å². The van der Waals surface area contributed by atoms with E-state index in [4.69, 9.17) is 4.74 Å². The fourth-order valence-electron chi connectivity index (χ4n) is 1.99. The first-order valence-corrected chi connectivity index (χ1v) is 7.64. The van der Waals surface area contributed by atoms with Crippen LogP contribution in [0.25, 0.3) is 0 Å². The SMILES string of the molecule is O=C(CCOCC(F)(F)F)N1CCC(OCCBr)CC1. The summed E-state index contributed by atoms with van der Waals surface area (Å²) in [5.74, 6) is -0.161. The van der Waals surface area contributed by atoms with E-state index in [9.17, 15) is 18.0 Å². The largest absolute Gasteiger partial charge is 0.411 e. The zero-order valence-electron chi connectivity index (χ0n) is 11.1. The van der Waals surface area contributed by atoms with Crippen LogP contribution in [0.1, 0.15) is 19.3 Å². The molecule has 20 heavy (non-hydrogen) atoms. The van der Waals surface area contributed by atoms with Gasteiger partial charge in [-0.15, -0.1) is 0 Å². The summed E-state index contributed by atoms with van der Waals surface area (Å²) < 4.78 is 45.5. The van der Waals surface area contributed by atoms with E-state index in [0.717, 1.165) is 18.2 Å². The number of amides is 1. The maximum Gasteiger partial charge on any atom is 0.411 e. The molecular weight excluding hydrogens is 343 g/mol. The Labute approximate surface area is 124 Å². The van der Waals surface area contributed by atoms with Gasteiger partial charge >= 0.3 is 6.18 Å². The van der Waals surface area contributed by atoms with Crippen molar-refractivity contribution in [2.75, 3.05) is 38.2 Å². The first kappa shape index (κ1) is 17.7. The average Bonchev–Trinajstić information content (AvgIpc) is 2.40. The van der Waals surface area contributed by atoms with Gasteiger partial charge in [-0.1, -0.05) is 15.9 Å². The van der Waals surface area contributed by atoms with E-state index in [1.807, 2.05) is 0 Å². The molecule has 1 fully saturated rings. The molecule has 4 nitrogen and oxygen atoms in total. The molecule has 0 N–H and O–H groups in total.